The molecule has 0 bridgehead atoms. The van der Waals surface area contributed by atoms with Crippen LogP contribution in [-0.2, 0) is 0 Å². The summed E-state index contributed by atoms with van der Waals surface area (Å²) >= 11 is 1.31. The van der Waals surface area contributed by atoms with Crippen molar-refractivity contribution in [3.05, 3.63) is 89.0 Å². The number of rotatable bonds is 5. The predicted octanol–water partition coefficient (Wildman–Crippen LogP) is 5.45. The van der Waals surface area contributed by atoms with Crippen molar-refractivity contribution in [3.63, 3.8) is 0 Å². The van der Waals surface area contributed by atoms with E-state index in [4.69, 9.17) is 14.5 Å². The van der Waals surface area contributed by atoms with E-state index in [2.05, 4.69) is 15.3 Å². The molecule has 0 aliphatic heterocycles. The Labute approximate surface area is 215 Å². The van der Waals surface area contributed by atoms with Crippen LogP contribution >= 0.6 is 11.3 Å². The highest BCUT2D eigenvalue weighted by Crippen LogP contribution is 2.41. The number of nitrogens with zero attached hydrogens (tertiary/aromatic N) is 5. The van der Waals surface area contributed by atoms with Crippen LogP contribution in [0.3, 0.4) is 0 Å². The number of benzene rings is 2. The lowest BCUT2D eigenvalue weighted by atomic mass is 10.00. The minimum absolute atomic E-state index is 0.238. The van der Waals surface area contributed by atoms with Gasteiger partial charge in [-0.15, -0.1) is 16.4 Å². The molecule has 0 saturated heterocycles. The number of ether oxygens (including phenoxy) is 2. The summed E-state index contributed by atoms with van der Waals surface area (Å²) in [5.74, 6) is 1.22. The Morgan fingerprint density at radius 3 is 2.46 bits per heavy atom. The highest BCUT2D eigenvalue weighted by Gasteiger charge is 2.21. The molecule has 0 radical (unpaired) electrons. The van der Waals surface area contributed by atoms with Crippen LogP contribution in [0.2, 0.25) is 0 Å². The van der Waals surface area contributed by atoms with Gasteiger partial charge in [-0.25, -0.2) is 4.98 Å². The molecule has 0 atom stereocenters. The third-order valence-electron chi connectivity index (χ3n) is 6.19. The first-order valence-electron chi connectivity index (χ1n) is 11.5. The maximum atomic E-state index is 13.6. The fraction of sp³-hybridized carbons (Fsp3) is 0.107. The predicted molar refractivity (Wildman–Crippen MR) is 145 cm³/mol. The van der Waals surface area contributed by atoms with Crippen LogP contribution in [0.5, 0.6) is 11.5 Å². The highest BCUT2D eigenvalue weighted by atomic mass is 32.1. The summed E-state index contributed by atoms with van der Waals surface area (Å²) in [6, 6.07) is 19.1. The molecule has 6 rings (SSSR count). The van der Waals surface area contributed by atoms with E-state index in [-0.39, 0.29) is 5.56 Å². The van der Waals surface area contributed by atoms with E-state index in [1.165, 1.54) is 16.0 Å². The fourth-order valence-corrected chi connectivity index (χ4v) is 5.36. The minimum Gasteiger partial charge on any atom is -0.493 e. The second-order valence-electron chi connectivity index (χ2n) is 8.47. The monoisotopic (exact) mass is 507 g/mol. The Morgan fingerprint density at radius 1 is 0.919 bits per heavy atom. The third kappa shape index (κ3) is 3.89. The lowest BCUT2D eigenvalue weighted by Gasteiger charge is -2.12. The van der Waals surface area contributed by atoms with Crippen molar-refractivity contribution in [1.82, 2.24) is 25.0 Å². The summed E-state index contributed by atoms with van der Waals surface area (Å²) < 4.78 is 12.8. The molecule has 0 aliphatic rings. The van der Waals surface area contributed by atoms with Crippen molar-refractivity contribution in [2.24, 2.45) is 0 Å². The molecule has 0 amide bonds. The zero-order valence-electron chi connectivity index (χ0n) is 20.3. The molecule has 0 fully saturated rings. The first-order chi connectivity index (χ1) is 18.1. The minimum atomic E-state index is -0.238. The zero-order chi connectivity index (χ0) is 25.5. The summed E-state index contributed by atoms with van der Waals surface area (Å²) in [6.45, 7) is 1.99. The molecule has 4 heterocycles. The molecular weight excluding hydrogens is 486 g/mol. The summed E-state index contributed by atoms with van der Waals surface area (Å²) in [5, 5.41) is 9.56. The van der Waals surface area contributed by atoms with Gasteiger partial charge in [-0.1, -0.05) is 29.0 Å². The van der Waals surface area contributed by atoms with Crippen LogP contribution in [0.15, 0.2) is 77.9 Å². The largest absolute Gasteiger partial charge is 0.493 e. The Kier molecular flexibility index (Phi) is 5.61. The number of hydrogen-bond acceptors (Lipinski definition) is 8. The molecule has 8 nitrogen and oxygen atoms in total. The van der Waals surface area contributed by atoms with Crippen molar-refractivity contribution < 1.29 is 9.47 Å². The van der Waals surface area contributed by atoms with Crippen LogP contribution in [0, 0.1) is 6.92 Å². The molecule has 0 unspecified atom stereocenters. The van der Waals surface area contributed by atoms with Crippen LogP contribution in [0.1, 0.15) is 5.56 Å². The number of hydrogen-bond donors (Lipinski definition) is 0. The highest BCUT2D eigenvalue weighted by molar-refractivity contribution is 7.25. The third-order valence-corrected chi connectivity index (χ3v) is 7.25. The van der Waals surface area contributed by atoms with Crippen LogP contribution in [0.4, 0.5) is 0 Å². The van der Waals surface area contributed by atoms with Crippen molar-refractivity contribution in [3.8, 4) is 39.6 Å². The molecule has 9 heteroatoms. The first-order valence-corrected chi connectivity index (χ1v) is 12.3. The number of thiophene rings is 1. The van der Waals surface area contributed by atoms with Gasteiger partial charge in [0, 0.05) is 23.3 Å². The van der Waals surface area contributed by atoms with Gasteiger partial charge in [-0.3, -0.25) is 9.78 Å². The molecular formula is C28H21N5O3S. The van der Waals surface area contributed by atoms with Crippen LogP contribution < -0.4 is 15.0 Å². The average Bonchev–Trinajstić information content (AvgIpc) is 3.33. The van der Waals surface area contributed by atoms with Gasteiger partial charge in [0.15, 0.2) is 11.5 Å². The number of methoxy groups -OCH3 is 2. The maximum Gasteiger partial charge on any atom is 0.292 e. The van der Waals surface area contributed by atoms with Gasteiger partial charge < -0.3 is 9.47 Å². The Balaban J connectivity index is 1.66. The van der Waals surface area contributed by atoms with E-state index in [0.717, 1.165) is 33.3 Å². The molecule has 0 N–H and O–H groups in total. The normalized spacial score (nSPS) is 11.2. The quantitative estimate of drug-likeness (QED) is 0.307. The number of pyridine rings is 2. The van der Waals surface area contributed by atoms with Gasteiger partial charge in [0.1, 0.15) is 15.0 Å². The maximum absolute atomic E-state index is 13.6. The van der Waals surface area contributed by atoms with Gasteiger partial charge in [0.05, 0.1) is 25.6 Å². The summed E-state index contributed by atoms with van der Waals surface area (Å²) in [4.78, 5) is 23.4. The number of fused-ring (bicyclic) bond motifs is 3. The zero-order valence-corrected chi connectivity index (χ0v) is 21.1. The molecule has 0 aliphatic carbocycles. The average molecular weight is 508 g/mol. The van der Waals surface area contributed by atoms with Gasteiger partial charge in [-0.2, -0.15) is 4.68 Å². The standard InChI is InChI=1S/C28H21N5O3S/c1-16-6-9-19(10-7-16)33-28(34)26-25(31-32-33)24-20(17-8-11-22(35-2)23(13-17)36-3)14-21(30-27(24)37-26)18-5-4-12-29-15-18/h4-15H,1-3H3. The van der Waals surface area contributed by atoms with Gasteiger partial charge in [0.2, 0.25) is 0 Å². The van der Waals surface area contributed by atoms with Crippen LogP contribution in [-0.4, -0.2) is 39.2 Å². The molecule has 6 aromatic rings. The molecule has 182 valence electrons. The number of aryl methyl sites for hydroxylation is 1. The summed E-state index contributed by atoms with van der Waals surface area (Å²) in [6.07, 6.45) is 3.49. The topological polar surface area (TPSA) is 92.0 Å². The molecule has 0 saturated carbocycles. The van der Waals surface area contributed by atoms with E-state index in [1.807, 2.05) is 67.6 Å². The molecule has 4 aromatic heterocycles. The van der Waals surface area contributed by atoms with Crippen molar-refractivity contribution >= 4 is 31.8 Å². The van der Waals surface area contributed by atoms with Crippen molar-refractivity contribution in [1.29, 1.82) is 0 Å². The van der Waals surface area contributed by atoms with Gasteiger partial charge in [0.25, 0.3) is 5.56 Å². The first kappa shape index (κ1) is 22.8. The summed E-state index contributed by atoms with van der Waals surface area (Å²) in [5.41, 5.74) is 5.38. The van der Waals surface area contributed by atoms with Crippen LogP contribution in [0.25, 0.3) is 48.5 Å². The van der Waals surface area contributed by atoms with Crippen molar-refractivity contribution in [2.75, 3.05) is 14.2 Å². The molecule has 0 spiro atoms. The Bertz CT molecular complexity index is 1830. The summed E-state index contributed by atoms with van der Waals surface area (Å²) in [7, 11) is 3.20. The smallest absolute Gasteiger partial charge is 0.292 e. The fourth-order valence-electron chi connectivity index (χ4n) is 4.30. The lowest BCUT2D eigenvalue weighted by molar-refractivity contribution is 0.355. The Morgan fingerprint density at radius 2 is 1.73 bits per heavy atom. The van der Waals surface area contributed by atoms with E-state index >= 15 is 0 Å². The Hall–Kier alpha value is -4.63. The van der Waals surface area contributed by atoms with Gasteiger partial charge in [-0.05, 0) is 60.5 Å². The molecule has 37 heavy (non-hydrogen) atoms. The lowest BCUT2D eigenvalue weighted by Crippen LogP contribution is -2.21. The second kappa shape index (κ2) is 9.11. The SMILES string of the molecule is COc1ccc(-c2cc(-c3cccnc3)nc3sc4c(=O)n(-c5ccc(C)cc5)nnc4c23)cc1OC. The molecule has 2 aromatic carbocycles. The van der Waals surface area contributed by atoms with E-state index in [0.29, 0.717) is 32.2 Å². The van der Waals surface area contributed by atoms with E-state index in [1.54, 1.807) is 26.6 Å². The van der Waals surface area contributed by atoms with Crippen molar-refractivity contribution in [2.45, 2.75) is 6.92 Å². The van der Waals surface area contributed by atoms with Gasteiger partial charge >= 0.3 is 0 Å². The second-order valence-corrected chi connectivity index (χ2v) is 9.47. The number of aromatic nitrogens is 5. The van der Waals surface area contributed by atoms with E-state index < -0.39 is 0 Å². The van der Waals surface area contributed by atoms with E-state index in [9.17, 15) is 4.79 Å².